The van der Waals surface area contributed by atoms with Crippen LogP contribution in [0.15, 0.2) is 42.6 Å². The fourth-order valence-electron chi connectivity index (χ4n) is 2.33. The number of hydrogen-bond acceptors (Lipinski definition) is 4. The van der Waals surface area contributed by atoms with Gasteiger partial charge in [0.25, 0.3) is 0 Å². The zero-order chi connectivity index (χ0) is 14.1. The summed E-state index contributed by atoms with van der Waals surface area (Å²) in [4.78, 5) is 4.63. The predicted octanol–water partition coefficient (Wildman–Crippen LogP) is 2.02. The van der Waals surface area contributed by atoms with Crippen molar-refractivity contribution >= 4 is 10.9 Å². The van der Waals surface area contributed by atoms with Gasteiger partial charge in [0.05, 0.1) is 30.6 Å². The molecule has 0 saturated heterocycles. The Kier molecular flexibility index (Phi) is 3.12. The summed E-state index contributed by atoms with van der Waals surface area (Å²) in [6.07, 6.45) is 1.66. The van der Waals surface area contributed by atoms with Gasteiger partial charge in [0, 0.05) is 12.4 Å². The molecule has 102 valence electrons. The molecule has 5 nitrogen and oxygen atoms in total. The van der Waals surface area contributed by atoms with Crippen LogP contribution in [0.1, 0.15) is 17.4 Å². The van der Waals surface area contributed by atoms with Gasteiger partial charge in [0.1, 0.15) is 5.69 Å². The van der Waals surface area contributed by atoms with Crippen LogP contribution in [0.4, 0.5) is 0 Å². The van der Waals surface area contributed by atoms with Crippen molar-refractivity contribution in [1.82, 2.24) is 14.8 Å². The van der Waals surface area contributed by atoms with E-state index in [9.17, 15) is 0 Å². The number of rotatable bonds is 3. The highest BCUT2D eigenvalue weighted by molar-refractivity contribution is 5.78. The lowest BCUT2D eigenvalue weighted by atomic mass is 10.1. The van der Waals surface area contributed by atoms with Crippen LogP contribution in [0.2, 0.25) is 0 Å². The van der Waals surface area contributed by atoms with E-state index in [2.05, 4.69) is 10.1 Å². The van der Waals surface area contributed by atoms with Gasteiger partial charge in [-0.15, -0.1) is 0 Å². The van der Waals surface area contributed by atoms with E-state index in [0.29, 0.717) is 5.75 Å². The fraction of sp³-hybridized carbons (Fsp3) is 0.200. The monoisotopic (exact) mass is 268 g/mol. The first-order chi connectivity index (χ1) is 9.70. The Bertz CT molecular complexity index is 750. The van der Waals surface area contributed by atoms with Crippen molar-refractivity contribution < 1.29 is 4.74 Å². The second-order valence-electron chi connectivity index (χ2n) is 4.63. The van der Waals surface area contributed by atoms with Gasteiger partial charge in [-0.2, -0.15) is 5.10 Å². The van der Waals surface area contributed by atoms with Crippen molar-refractivity contribution in [2.45, 2.75) is 6.04 Å². The molecule has 20 heavy (non-hydrogen) atoms. The molecule has 0 saturated carbocycles. The van der Waals surface area contributed by atoms with E-state index in [-0.39, 0.29) is 6.04 Å². The van der Waals surface area contributed by atoms with Gasteiger partial charge < -0.3 is 10.5 Å². The molecule has 2 aromatic heterocycles. The second-order valence-corrected chi connectivity index (χ2v) is 4.63. The van der Waals surface area contributed by atoms with Gasteiger partial charge in [-0.3, -0.25) is 9.67 Å². The lowest BCUT2D eigenvalue weighted by molar-refractivity contribution is 0.405. The molecule has 2 heterocycles. The molecule has 0 spiro atoms. The van der Waals surface area contributed by atoms with Crippen LogP contribution >= 0.6 is 0 Å². The number of ether oxygens (including phenoxy) is 1. The molecule has 0 aliphatic carbocycles. The third-order valence-corrected chi connectivity index (χ3v) is 3.40. The van der Waals surface area contributed by atoms with Crippen LogP contribution in [0, 0.1) is 0 Å². The van der Waals surface area contributed by atoms with Crippen LogP contribution in [-0.4, -0.2) is 21.9 Å². The zero-order valence-electron chi connectivity index (χ0n) is 11.4. The molecule has 0 fully saturated rings. The smallest absolute Gasteiger partial charge is 0.161 e. The molecule has 1 aromatic carbocycles. The number of aromatic nitrogens is 3. The molecular formula is C15H16N4O. The number of aryl methyl sites for hydroxylation is 1. The highest BCUT2D eigenvalue weighted by atomic mass is 16.5. The van der Waals surface area contributed by atoms with Gasteiger partial charge in [0.15, 0.2) is 5.75 Å². The van der Waals surface area contributed by atoms with E-state index in [1.807, 2.05) is 43.4 Å². The van der Waals surface area contributed by atoms with Gasteiger partial charge in [-0.05, 0) is 12.1 Å². The van der Waals surface area contributed by atoms with Gasteiger partial charge in [0.2, 0.25) is 0 Å². The number of nitrogens with zero attached hydrogens (tertiary/aromatic N) is 3. The molecule has 0 amide bonds. The largest absolute Gasteiger partial charge is 0.493 e. The Hall–Kier alpha value is -2.40. The van der Waals surface area contributed by atoms with Crippen molar-refractivity contribution in [1.29, 1.82) is 0 Å². The fourth-order valence-corrected chi connectivity index (χ4v) is 2.33. The maximum atomic E-state index is 6.33. The lowest BCUT2D eigenvalue weighted by Crippen LogP contribution is -2.18. The summed E-state index contributed by atoms with van der Waals surface area (Å²) in [7, 11) is 3.46. The Balaban J connectivity index is 2.07. The average Bonchev–Trinajstić information content (AvgIpc) is 2.87. The highest BCUT2D eigenvalue weighted by Gasteiger charge is 2.20. The Morgan fingerprint density at radius 3 is 2.80 bits per heavy atom. The van der Waals surface area contributed by atoms with Crippen LogP contribution in [-0.2, 0) is 7.05 Å². The molecule has 3 aromatic rings. The topological polar surface area (TPSA) is 66.0 Å². The first-order valence-electron chi connectivity index (χ1n) is 6.38. The molecule has 0 bridgehead atoms. The summed E-state index contributed by atoms with van der Waals surface area (Å²) in [6.45, 7) is 0. The Labute approximate surface area is 117 Å². The summed E-state index contributed by atoms with van der Waals surface area (Å²) in [5, 5.41) is 5.28. The summed E-state index contributed by atoms with van der Waals surface area (Å²) in [5.74, 6) is 0.676. The summed E-state index contributed by atoms with van der Waals surface area (Å²) in [6, 6.07) is 11.6. The van der Waals surface area contributed by atoms with Crippen molar-refractivity contribution in [2.24, 2.45) is 12.8 Å². The lowest BCUT2D eigenvalue weighted by Gasteiger charge is -2.14. The average molecular weight is 268 g/mol. The van der Waals surface area contributed by atoms with Crippen LogP contribution in [0.3, 0.4) is 0 Å². The minimum atomic E-state index is -0.373. The number of fused-ring (bicyclic) bond motifs is 1. The van der Waals surface area contributed by atoms with Crippen molar-refractivity contribution in [3.63, 3.8) is 0 Å². The normalized spacial score (nSPS) is 12.6. The van der Waals surface area contributed by atoms with E-state index in [4.69, 9.17) is 10.5 Å². The standard InChI is InChI=1S/C15H16N4O/c1-19-15(13(20-2)9-17-19)14(16)12-8-7-10-5-3-4-6-11(10)18-12/h3-9,14H,16H2,1-2H3. The molecule has 1 atom stereocenters. The number of pyridine rings is 1. The van der Waals surface area contributed by atoms with Gasteiger partial charge >= 0.3 is 0 Å². The van der Waals surface area contributed by atoms with E-state index in [1.165, 1.54) is 0 Å². The zero-order valence-corrected chi connectivity index (χ0v) is 11.4. The molecule has 0 aliphatic heterocycles. The van der Waals surface area contributed by atoms with E-state index in [0.717, 1.165) is 22.3 Å². The number of benzene rings is 1. The number of methoxy groups -OCH3 is 1. The second kappa shape index (κ2) is 4.94. The molecular weight excluding hydrogens is 252 g/mol. The number of nitrogens with two attached hydrogens (primary N) is 1. The highest BCUT2D eigenvalue weighted by Crippen LogP contribution is 2.27. The summed E-state index contributed by atoms with van der Waals surface area (Å²) in [5.41, 5.74) is 8.87. The summed E-state index contributed by atoms with van der Waals surface area (Å²) < 4.78 is 7.03. The van der Waals surface area contributed by atoms with Crippen LogP contribution in [0.25, 0.3) is 10.9 Å². The van der Waals surface area contributed by atoms with Crippen molar-refractivity contribution in [2.75, 3.05) is 7.11 Å². The molecule has 0 aliphatic rings. The van der Waals surface area contributed by atoms with Gasteiger partial charge in [-0.25, -0.2) is 0 Å². The molecule has 5 heteroatoms. The third kappa shape index (κ3) is 2.02. The first-order valence-corrected chi connectivity index (χ1v) is 6.38. The third-order valence-electron chi connectivity index (χ3n) is 3.40. The predicted molar refractivity (Wildman–Crippen MR) is 77.5 cm³/mol. The van der Waals surface area contributed by atoms with Gasteiger partial charge in [-0.1, -0.05) is 24.3 Å². The van der Waals surface area contributed by atoms with Crippen molar-refractivity contribution in [3.8, 4) is 5.75 Å². The maximum absolute atomic E-state index is 6.33. The van der Waals surface area contributed by atoms with E-state index >= 15 is 0 Å². The SMILES string of the molecule is COc1cnn(C)c1C(N)c1ccc2ccccc2n1. The Morgan fingerprint density at radius 2 is 2.00 bits per heavy atom. The molecule has 2 N–H and O–H groups in total. The number of para-hydroxylation sites is 1. The van der Waals surface area contributed by atoms with E-state index in [1.54, 1.807) is 18.0 Å². The minimum Gasteiger partial charge on any atom is -0.493 e. The Morgan fingerprint density at radius 1 is 1.20 bits per heavy atom. The van der Waals surface area contributed by atoms with Crippen LogP contribution in [0.5, 0.6) is 5.75 Å². The molecule has 3 rings (SSSR count). The first kappa shape index (κ1) is 12.6. The quantitative estimate of drug-likeness (QED) is 0.789. The van der Waals surface area contributed by atoms with E-state index < -0.39 is 0 Å². The summed E-state index contributed by atoms with van der Waals surface area (Å²) >= 11 is 0. The number of hydrogen-bond donors (Lipinski definition) is 1. The molecule has 0 radical (unpaired) electrons. The minimum absolute atomic E-state index is 0.373. The molecule has 1 unspecified atom stereocenters. The van der Waals surface area contributed by atoms with Crippen molar-refractivity contribution in [3.05, 3.63) is 54.0 Å². The maximum Gasteiger partial charge on any atom is 0.161 e. The van der Waals surface area contributed by atoms with Crippen LogP contribution < -0.4 is 10.5 Å².